The Morgan fingerprint density at radius 2 is 2.00 bits per heavy atom. The van der Waals surface area contributed by atoms with Crippen molar-refractivity contribution in [3.63, 3.8) is 0 Å². The number of halogens is 1. The summed E-state index contributed by atoms with van der Waals surface area (Å²) in [5.74, 6) is 0.488. The van der Waals surface area contributed by atoms with Crippen molar-refractivity contribution < 1.29 is 13.2 Å². The van der Waals surface area contributed by atoms with Crippen LogP contribution >= 0.6 is 15.9 Å². The Hall–Kier alpha value is -1.70. The standard InChI is InChI=1S/C17H17BrN2O3S/c18-16-7-4-10-19-17(16)23-15-8-11-20(13-15)24(21,22)12-9-14-5-2-1-3-6-14/h1-7,9-10,12,15H,8,11,13H2/b12-9+. The van der Waals surface area contributed by atoms with E-state index in [1.165, 1.54) is 9.71 Å². The molecule has 0 amide bonds. The number of sulfonamides is 1. The van der Waals surface area contributed by atoms with Gasteiger partial charge in [0.25, 0.3) is 0 Å². The smallest absolute Gasteiger partial charge is 0.236 e. The van der Waals surface area contributed by atoms with Gasteiger partial charge in [-0.3, -0.25) is 0 Å². The maximum atomic E-state index is 12.4. The van der Waals surface area contributed by atoms with Gasteiger partial charge in [0.2, 0.25) is 15.9 Å². The van der Waals surface area contributed by atoms with Crippen LogP contribution in [0.3, 0.4) is 0 Å². The van der Waals surface area contributed by atoms with Crippen molar-refractivity contribution in [2.75, 3.05) is 13.1 Å². The molecule has 0 aliphatic carbocycles. The number of hydrogen-bond acceptors (Lipinski definition) is 4. The van der Waals surface area contributed by atoms with Crippen molar-refractivity contribution in [2.45, 2.75) is 12.5 Å². The summed E-state index contributed by atoms with van der Waals surface area (Å²) in [6.45, 7) is 0.765. The van der Waals surface area contributed by atoms with Crippen molar-refractivity contribution in [1.29, 1.82) is 0 Å². The molecular weight excluding hydrogens is 392 g/mol. The number of benzene rings is 1. The molecule has 0 radical (unpaired) electrons. The molecule has 1 aromatic heterocycles. The summed E-state index contributed by atoms with van der Waals surface area (Å²) in [6.07, 6.45) is 3.70. The largest absolute Gasteiger partial charge is 0.472 e. The molecule has 3 rings (SSSR count). The van der Waals surface area contributed by atoms with Gasteiger partial charge in [0, 0.05) is 18.1 Å². The molecule has 1 aromatic carbocycles. The fraction of sp³-hybridized carbons (Fsp3) is 0.235. The van der Waals surface area contributed by atoms with E-state index in [1.807, 2.05) is 36.4 Å². The van der Waals surface area contributed by atoms with Crippen LogP contribution in [0.5, 0.6) is 5.88 Å². The maximum Gasteiger partial charge on any atom is 0.236 e. The van der Waals surface area contributed by atoms with E-state index in [0.717, 1.165) is 10.0 Å². The molecule has 1 aliphatic rings. The Labute approximate surface area is 150 Å². The molecule has 2 aromatic rings. The summed E-state index contributed by atoms with van der Waals surface area (Å²) in [5.41, 5.74) is 0.852. The van der Waals surface area contributed by atoms with Crippen molar-refractivity contribution in [2.24, 2.45) is 0 Å². The highest BCUT2D eigenvalue weighted by molar-refractivity contribution is 9.10. The number of hydrogen-bond donors (Lipinski definition) is 0. The Morgan fingerprint density at radius 1 is 1.21 bits per heavy atom. The number of pyridine rings is 1. The van der Waals surface area contributed by atoms with Crippen LogP contribution in [0.25, 0.3) is 6.08 Å². The third kappa shape index (κ3) is 4.23. The molecule has 7 heteroatoms. The Kier molecular flexibility index (Phi) is 5.33. The summed E-state index contributed by atoms with van der Waals surface area (Å²) in [7, 11) is -3.45. The Bertz CT molecular complexity index is 825. The van der Waals surface area contributed by atoms with E-state index in [9.17, 15) is 8.42 Å². The van der Waals surface area contributed by atoms with Gasteiger partial charge in [0.15, 0.2) is 0 Å². The highest BCUT2D eigenvalue weighted by Gasteiger charge is 2.31. The monoisotopic (exact) mass is 408 g/mol. The molecule has 1 fully saturated rings. The molecule has 0 N–H and O–H groups in total. The predicted octanol–water partition coefficient (Wildman–Crippen LogP) is 3.30. The number of aromatic nitrogens is 1. The van der Waals surface area contributed by atoms with E-state index in [4.69, 9.17) is 4.74 Å². The third-order valence-electron chi connectivity index (χ3n) is 3.70. The van der Waals surface area contributed by atoms with E-state index in [2.05, 4.69) is 20.9 Å². The lowest BCUT2D eigenvalue weighted by atomic mass is 10.2. The fourth-order valence-corrected chi connectivity index (χ4v) is 4.04. The van der Waals surface area contributed by atoms with E-state index in [1.54, 1.807) is 18.3 Å². The molecule has 5 nitrogen and oxygen atoms in total. The minimum absolute atomic E-state index is 0.198. The molecule has 1 saturated heterocycles. The van der Waals surface area contributed by atoms with Crippen molar-refractivity contribution in [1.82, 2.24) is 9.29 Å². The van der Waals surface area contributed by atoms with Gasteiger partial charge in [-0.2, -0.15) is 4.31 Å². The van der Waals surface area contributed by atoms with Crippen molar-refractivity contribution >= 4 is 32.0 Å². The normalized spacial score (nSPS) is 19.0. The van der Waals surface area contributed by atoms with Gasteiger partial charge in [0.05, 0.1) is 11.0 Å². The van der Waals surface area contributed by atoms with Crippen LogP contribution in [0, 0.1) is 0 Å². The second-order valence-electron chi connectivity index (χ2n) is 5.44. The first-order valence-electron chi connectivity index (χ1n) is 7.55. The molecule has 1 atom stereocenters. The first-order chi connectivity index (χ1) is 11.5. The quantitative estimate of drug-likeness (QED) is 0.761. The zero-order valence-corrected chi connectivity index (χ0v) is 15.3. The van der Waals surface area contributed by atoms with E-state index in [0.29, 0.717) is 25.4 Å². The lowest BCUT2D eigenvalue weighted by Gasteiger charge is -2.15. The lowest BCUT2D eigenvalue weighted by molar-refractivity contribution is 0.205. The van der Waals surface area contributed by atoms with Crippen LogP contribution in [0.1, 0.15) is 12.0 Å². The fourth-order valence-electron chi connectivity index (χ4n) is 2.46. The van der Waals surface area contributed by atoms with Crippen LogP contribution in [-0.2, 0) is 10.0 Å². The first kappa shape index (κ1) is 17.1. The minimum atomic E-state index is -3.45. The van der Waals surface area contributed by atoms with E-state index < -0.39 is 10.0 Å². The average molecular weight is 409 g/mol. The van der Waals surface area contributed by atoms with E-state index in [-0.39, 0.29) is 6.10 Å². The Balaban J connectivity index is 1.64. The summed E-state index contributed by atoms with van der Waals surface area (Å²) in [4.78, 5) is 4.15. The second-order valence-corrected chi connectivity index (χ2v) is 8.11. The van der Waals surface area contributed by atoms with Gasteiger partial charge in [-0.15, -0.1) is 0 Å². The molecule has 126 valence electrons. The second kappa shape index (κ2) is 7.46. The molecule has 2 heterocycles. The van der Waals surface area contributed by atoms with E-state index >= 15 is 0 Å². The molecule has 1 unspecified atom stereocenters. The van der Waals surface area contributed by atoms with Crippen LogP contribution in [0.2, 0.25) is 0 Å². The van der Waals surface area contributed by atoms with Crippen molar-refractivity contribution in [3.05, 3.63) is 64.1 Å². The highest BCUT2D eigenvalue weighted by atomic mass is 79.9. The van der Waals surface area contributed by atoms with Crippen LogP contribution in [-0.4, -0.2) is 36.9 Å². The van der Waals surface area contributed by atoms with Crippen LogP contribution in [0.4, 0.5) is 0 Å². The SMILES string of the molecule is O=S(=O)(/C=C/c1ccccc1)N1CCC(Oc2ncccc2Br)C1. The average Bonchev–Trinajstić information content (AvgIpc) is 3.06. The van der Waals surface area contributed by atoms with Gasteiger partial charge in [-0.05, 0) is 46.1 Å². The molecule has 0 saturated carbocycles. The maximum absolute atomic E-state index is 12.4. The third-order valence-corrected chi connectivity index (χ3v) is 5.84. The summed E-state index contributed by atoms with van der Waals surface area (Å²) >= 11 is 3.38. The topological polar surface area (TPSA) is 59.5 Å². The van der Waals surface area contributed by atoms with Gasteiger partial charge < -0.3 is 4.74 Å². The van der Waals surface area contributed by atoms with Gasteiger partial charge >= 0.3 is 0 Å². The number of nitrogens with zero attached hydrogens (tertiary/aromatic N) is 2. The Morgan fingerprint density at radius 3 is 2.75 bits per heavy atom. The van der Waals surface area contributed by atoms with Crippen LogP contribution in [0.15, 0.2) is 58.5 Å². The molecule has 0 bridgehead atoms. The van der Waals surface area contributed by atoms with Gasteiger partial charge in [0.1, 0.15) is 6.10 Å². The number of rotatable bonds is 5. The molecule has 0 spiro atoms. The van der Waals surface area contributed by atoms with Crippen molar-refractivity contribution in [3.8, 4) is 5.88 Å². The molecule has 1 aliphatic heterocycles. The van der Waals surface area contributed by atoms with Gasteiger partial charge in [-0.1, -0.05) is 30.3 Å². The van der Waals surface area contributed by atoms with Gasteiger partial charge in [-0.25, -0.2) is 13.4 Å². The first-order valence-corrected chi connectivity index (χ1v) is 9.85. The minimum Gasteiger partial charge on any atom is -0.472 e. The highest BCUT2D eigenvalue weighted by Crippen LogP contribution is 2.25. The predicted molar refractivity (Wildman–Crippen MR) is 96.9 cm³/mol. The lowest BCUT2D eigenvalue weighted by Crippen LogP contribution is -2.29. The summed E-state index contributed by atoms with van der Waals surface area (Å²) in [6, 6.07) is 13.0. The molecular formula is C17H17BrN2O3S. The molecule has 24 heavy (non-hydrogen) atoms. The summed E-state index contributed by atoms with van der Waals surface area (Å²) < 4.78 is 32.9. The summed E-state index contributed by atoms with van der Waals surface area (Å²) in [5, 5.41) is 1.25. The number of ether oxygens (including phenoxy) is 1. The zero-order valence-electron chi connectivity index (χ0n) is 12.9. The zero-order chi connectivity index (χ0) is 17.0. The van der Waals surface area contributed by atoms with Crippen LogP contribution < -0.4 is 4.74 Å².